The van der Waals surface area contributed by atoms with Crippen molar-refractivity contribution in [2.75, 3.05) is 6.54 Å². The predicted molar refractivity (Wildman–Crippen MR) is 98.6 cm³/mol. The molecule has 0 spiro atoms. The molecule has 3 rings (SSSR count). The molecule has 0 saturated heterocycles. The Morgan fingerprint density at radius 2 is 1.78 bits per heavy atom. The summed E-state index contributed by atoms with van der Waals surface area (Å²) in [5.41, 5.74) is 9.42. The lowest BCUT2D eigenvalue weighted by atomic mass is 10.0. The van der Waals surface area contributed by atoms with Gasteiger partial charge >= 0.3 is 0 Å². The minimum absolute atomic E-state index is 0.589. The van der Waals surface area contributed by atoms with Gasteiger partial charge in [-0.3, -0.25) is 4.98 Å². The highest BCUT2D eigenvalue weighted by Crippen LogP contribution is 2.40. The first-order chi connectivity index (χ1) is 11.1. The van der Waals surface area contributed by atoms with Gasteiger partial charge in [-0.25, -0.2) is 0 Å². The molecule has 2 heterocycles. The van der Waals surface area contributed by atoms with Crippen LogP contribution in [0.5, 0.6) is 0 Å². The number of nitrogens with zero attached hydrogens (tertiary/aromatic N) is 1. The number of H-pyrrole nitrogens is 1. The smallest absolute Gasteiger partial charge is 0.0682 e. The Morgan fingerprint density at radius 3 is 2.52 bits per heavy atom. The van der Waals surface area contributed by atoms with Crippen LogP contribution in [-0.4, -0.2) is 16.5 Å². The van der Waals surface area contributed by atoms with E-state index in [9.17, 15) is 0 Å². The van der Waals surface area contributed by atoms with Crippen LogP contribution in [0.25, 0.3) is 22.2 Å². The number of unbranched alkanes of at least 4 members (excludes halogenated alkanes) is 1. The fraction of sp³-hybridized carbons (Fsp3) is 0.235. The van der Waals surface area contributed by atoms with Crippen LogP contribution in [0.3, 0.4) is 0 Å². The summed E-state index contributed by atoms with van der Waals surface area (Å²) in [5.74, 6) is 0. The summed E-state index contributed by atoms with van der Waals surface area (Å²) in [5, 5.41) is 2.87. The molecule has 3 aromatic rings. The van der Waals surface area contributed by atoms with Crippen LogP contribution in [0.1, 0.15) is 18.4 Å². The van der Waals surface area contributed by atoms with Crippen molar-refractivity contribution in [2.45, 2.75) is 19.3 Å². The second kappa shape index (κ2) is 7.10. The summed E-state index contributed by atoms with van der Waals surface area (Å²) in [7, 11) is 0. The van der Waals surface area contributed by atoms with Gasteiger partial charge < -0.3 is 10.7 Å². The highest BCUT2D eigenvalue weighted by molar-refractivity contribution is 6.40. The van der Waals surface area contributed by atoms with E-state index in [4.69, 9.17) is 40.5 Å². The van der Waals surface area contributed by atoms with E-state index in [0.29, 0.717) is 21.6 Å². The van der Waals surface area contributed by atoms with E-state index < -0.39 is 0 Å². The van der Waals surface area contributed by atoms with Gasteiger partial charge in [-0.2, -0.15) is 0 Å². The van der Waals surface area contributed by atoms with Crippen LogP contribution < -0.4 is 5.73 Å². The third-order valence-electron chi connectivity index (χ3n) is 3.88. The van der Waals surface area contributed by atoms with E-state index in [0.717, 1.165) is 47.0 Å². The minimum Gasteiger partial charge on any atom is -0.353 e. The van der Waals surface area contributed by atoms with E-state index in [2.05, 4.69) is 9.97 Å². The predicted octanol–water partition coefficient (Wildman–Crippen LogP) is 5.47. The zero-order valence-corrected chi connectivity index (χ0v) is 14.6. The number of nitrogens with two attached hydrogens (primary N) is 1. The number of fused-ring (bicyclic) bond motifs is 1. The molecule has 0 aliphatic rings. The van der Waals surface area contributed by atoms with Gasteiger partial charge in [0.2, 0.25) is 0 Å². The standard InChI is InChI=1S/C17H16Cl3N3/c18-12-4-5-13(19)17-15(12)11(3-1-2-7-21)16(23-17)10-6-8-22-9-14(10)20/h4-6,8-9,23H,1-3,7,21H2. The molecule has 3 nitrogen and oxygen atoms in total. The monoisotopic (exact) mass is 367 g/mol. The molecule has 0 atom stereocenters. The van der Waals surface area contributed by atoms with Gasteiger partial charge in [-0.15, -0.1) is 0 Å². The largest absolute Gasteiger partial charge is 0.353 e. The maximum atomic E-state index is 6.44. The molecule has 0 unspecified atom stereocenters. The van der Waals surface area contributed by atoms with Gasteiger partial charge in [-0.05, 0) is 49.6 Å². The number of aromatic nitrogens is 2. The molecular formula is C17H16Cl3N3. The third-order valence-corrected chi connectivity index (χ3v) is 4.81. The van der Waals surface area contributed by atoms with Gasteiger partial charge in [0.05, 0.1) is 26.3 Å². The van der Waals surface area contributed by atoms with Crippen molar-refractivity contribution in [3.8, 4) is 11.3 Å². The summed E-state index contributed by atoms with van der Waals surface area (Å²) < 4.78 is 0. The van der Waals surface area contributed by atoms with Crippen LogP contribution >= 0.6 is 34.8 Å². The third kappa shape index (κ3) is 3.20. The zero-order valence-electron chi connectivity index (χ0n) is 12.4. The van der Waals surface area contributed by atoms with Crippen LogP contribution in [0.2, 0.25) is 15.1 Å². The molecule has 0 radical (unpaired) electrons. The molecule has 0 aliphatic carbocycles. The van der Waals surface area contributed by atoms with E-state index >= 15 is 0 Å². The molecular weight excluding hydrogens is 353 g/mol. The number of rotatable bonds is 5. The maximum Gasteiger partial charge on any atom is 0.0682 e. The number of benzene rings is 1. The zero-order chi connectivity index (χ0) is 16.4. The first kappa shape index (κ1) is 16.6. The Balaban J connectivity index is 2.24. The molecule has 0 saturated carbocycles. The Bertz CT molecular complexity index is 842. The lowest BCUT2D eigenvalue weighted by Crippen LogP contribution is -1.99. The van der Waals surface area contributed by atoms with Crippen LogP contribution in [0.4, 0.5) is 0 Å². The Hall–Kier alpha value is -1.26. The average Bonchev–Trinajstić information content (AvgIpc) is 2.92. The Kier molecular flexibility index (Phi) is 5.12. The summed E-state index contributed by atoms with van der Waals surface area (Å²) in [6, 6.07) is 5.51. The first-order valence-corrected chi connectivity index (χ1v) is 8.55. The van der Waals surface area contributed by atoms with Crippen molar-refractivity contribution >= 4 is 45.7 Å². The number of hydrogen-bond donors (Lipinski definition) is 2. The molecule has 1 aromatic carbocycles. The molecule has 23 heavy (non-hydrogen) atoms. The molecule has 3 N–H and O–H groups in total. The van der Waals surface area contributed by atoms with Crippen molar-refractivity contribution in [1.82, 2.24) is 9.97 Å². The average molecular weight is 369 g/mol. The normalized spacial score (nSPS) is 11.3. The molecule has 0 amide bonds. The summed E-state index contributed by atoms with van der Waals surface area (Å²) in [4.78, 5) is 7.45. The van der Waals surface area contributed by atoms with Crippen molar-refractivity contribution in [3.05, 3.63) is 51.2 Å². The van der Waals surface area contributed by atoms with Gasteiger partial charge in [0.1, 0.15) is 0 Å². The van der Waals surface area contributed by atoms with E-state index in [-0.39, 0.29) is 0 Å². The number of halogens is 3. The minimum atomic E-state index is 0.589. The molecule has 0 bridgehead atoms. The second-order valence-electron chi connectivity index (χ2n) is 5.36. The summed E-state index contributed by atoms with van der Waals surface area (Å²) >= 11 is 19.1. The van der Waals surface area contributed by atoms with Crippen molar-refractivity contribution in [2.24, 2.45) is 5.73 Å². The van der Waals surface area contributed by atoms with Crippen LogP contribution in [-0.2, 0) is 6.42 Å². The number of aryl methyl sites for hydroxylation is 1. The van der Waals surface area contributed by atoms with Crippen LogP contribution in [0.15, 0.2) is 30.6 Å². The highest BCUT2D eigenvalue weighted by Gasteiger charge is 2.18. The van der Waals surface area contributed by atoms with E-state index in [1.807, 2.05) is 12.1 Å². The lowest BCUT2D eigenvalue weighted by Gasteiger charge is -2.07. The van der Waals surface area contributed by atoms with Crippen molar-refractivity contribution in [3.63, 3.8) is 0 Å². The fourth-order valence-corrected chi connectivity index (χ4v) is 3.49. The molecule has 6 heteroatoms. The summed E-state index contributed by atoms with van der Waals surface area (Å²) in [6.45, 7) is 0.669. The fourth-order valence-electron chi connectivity index (χ4n) is 2.80. The number of hydrogen-bond acceptors (Lipinski definition) is 2. The topological polar surface area (TPSA) is 54.7 Å². The molecule has 0 aliphatic heterocycles. The second-order valence-corrected chi connectivity index (χ2v) is 6.58. The molecule has 120 valence electrons. The number of pyridine rings is 1. The first-order valence-electron chi connectivity index (χ1n) is 7.42. The number of nitrogens with one attached hydrogen (secondary N) is 1. The lowest BCUT2D eigenvalue weighted by molar-refractivity contribution is 0.748. The van der Waals surface area contributed by atoms with E-state index in [1.54, 1.807) is 18.5 Å². The van der Waals surface area contributed by atoms with Gasteiger partial charge in [0, 0.05) is 23.3 Å². The quantitative estimate of drug-likeness (QED) is 0.586. The van der Waals surface area contributed by atoms with Crippen LogP contribution in [0, 0.1) is 0 Å². The molecule has 2 aromatic heterocycles. The number of aromatic amines is 1. The highest BCUT2D eigenvalue weighted by atomic mass is 35.5. The SMILES string of the molecule is NCCCCc1c(-c2ccncc2Cl)[nH]c2c(Cl)ccc(Cl)c12. The van der Waals surface area contributed by atoms with Crippen molar-refractivity contribution < 1.29 is 0 Å². The van der Waals surface area contributed by atoms with E-state index in [1.165, 1.54) is 0 Å². The Labute approximate surface area is 149 Å². The van der Waals surface area contributed by atoms with Gasteiger partial charge in [0.25, 0.3) is 0 Å². The molecule has 0 fully saturated rings. The Morgan fingerprint density at radius 1 is 1.00 bits per heavy atom. The van der Waals surface area contributed by atoms with Gasteiger partial charge in [-0.1, -0.05) is 34.8 Å². The van der Waals surface area contributed by atoms with Crippen molar-refractivity contribution in [1.29, 1.82) is 0 Å². The summed E-state index contributed by atoms with van der Waals surface area (Å²) in [6.07, 6.45) is 6.14. The van der Waals surface area contributed by atoms with Gasteiger partial charge in [0.15, 0.2) is 0 Å². The maximum absolute atomic E-state index is 6.44.